The van der Waals surface area contributed by atoms with Gasteiger partial charge in [-0.2, -0.15) is 0 Å². The minimum absolute atomic E-state index is 0. The lowest BCUT2D eigenvalue weighted by Gasteiger charge is -2.05. The SMILES string of the molecule is CNC(=O)[C@@H]1CC[C@@H](N)C1.Cl. The summed E-state index contributed by atoms with van der Waals surface area (Å²) in [6, 6.07) is 0.252. The number of amides is 1. The highest BCUT2D eigenvalue weighted by molar-refractivity contribution is 5.85. The van der Waals surface area contributed by atoms with E-state index in [-0.39, 0.29) is 30.3 Å². The first-order chi connectivity index (χ1) is 4.74. The van der Waals surface area contributed by atoms with Gasteiger partial charge in [0, 0.05) is 19.0 Å². The topological polar surface area (TPSA) is 55.1 Å². The standard InChI is InChI=1S/C7H14N2O.ClH/c1-9-7(10)5-2-3-6(8)4-5;/h5-6H,2-4,8H2,1H3,(H,9,10);1H/t5-,6-;/m1./s1. The van der Waals surface area contributed by atoms with Crippen molar-refractivity contribution < 1.29 is 4.79 Å². The van der Waals surface area contributed by atoms with Gasteiger partial charge in [0.2, 0.25) is 5.91 Å². The predicted octanol–water partition coefficient (Wildman–Crippen LogP) is 0.282. The van der Waals surface area contributed by atoms with E-state index in [0.717, 1.165) is 19.3 Å². The Morgan fingerprint density at radius 1 is 1.55 bits per heavy atom. The molecule has 1 amide bonds. The van der Waals surface area contributed by atoms with Crippen LogP contribution in [0, 0.1) is 5.92 Å². The van der Waals surface area contributed by atoms with Crippen LogP contribution in [-0.2, 0) is 4.79 Å². The molecule has 3 N–H and O–H groups in total. The zero-order valence-corrected chi connectivity index (χ0v) is 7.49. The van der Waals surface area contributed by atoms with Gasteiger partial charge in [0.1, 0.15) is 0 Å². The van der Waals surface area contributed by atoms with Crippen LogP contribution in [0.25, 0.3) is 0 Å². The highest BCUT2D eigenvalue weighted by atomic mass is 35.5. The van der Waals surface area contributed by atoms with Crippen molar-refractivity contribution in [1.29, 1.82) is 0 Å². The number of carbonyl (C=O) groups excluding carboxylic acids is 1. The molecule has 11 heavy (non-hydrogen) atoms. The second-order valence-corrected chi connectivity index (χ2v) is 2.88. The van der Waals surface area contributed by atoms with E-state index < -0.39 is 0 Å². The number of halogens is 1. The van der Waals surface area contributed by atoms with Crippen molar-refractivity contribution in [3.63, 3.8) is 0 Å². The molecule has 3 nitrogen and oxygen atoms in total. The number of rotatable bonds is 1. The quantitative estimate of drug-likeness (QED) is 0.606. The van der Waals surface area contributed by atoms with Crippen LogP contribution in [-0.4, -0.2) is 19.0 Å². The van der Waals surface area contributed by atoms with Gasteiger partial charge in [-0.25, -0.2) is 0 Å². The normalized spacial score (nSPS) is 29.3. The average molecular weight is 179 g/mol. The lowest BCUT2D eigenvalue weighted by Crippen LogP contribution is -2.26. The molecule has 66 valence electrons. The van der Waals surface area contributed by atoms with Gasteiger partial charge < -0.3 is 11.1 Å². The summed E-state index contributed by atoms with van der Waals surface area (Å²) in [4.78, 5) is 11.0. The summed E-state index contributed by atoms with van der Waals surface area (Å²) >= 11 is 0. The predicted molar refractivity (Wildman–Crippen MR) is 46.6 cm³/mol. The Labute approximate surface area is 73.1 Å². The molecular weight excluding hydrogens is 164 g/mol. The molecule has 1 rings (SSSR count). The van der Waals surface area contributed by atoms with Crippen LogP contribution in [0.4, 0.5) is 0 Å². The van der Waals surface area contributed by atoms with Gasteiger partial charge in [-0.15, -0.1) is 12.4 Å². The highest BCUT2D eigenvalue weighted by Crippen LogP contribution is 2.23. The van der Waals surface area contributed by atoms with Gasteiger partial charge >= 0.3 is 0 Å². The minimum Gasteiger partial charge on any atom is -0.359 e. The fraction of sp³-hybridized carbons (Fsp3) is 0.857. The zero-order valence-electron chi connectivity index (χ0n) is 6.67. The van der Waals surface area contributed by atoms with E-state index in [1.807, 2.05) is 0 Å². The summed E-state index contributed by atoms with van der Waals surface area (Å²) in [5.41, 5.74) is 5.64. The summed E-state index contributed by atoms with van der Waals surface area (Å²) < 4.78 is 0. The lowest BCUT2D eigenvalue weighted by atomic mass is 10.1. The minimum atomic E-state index is 0. The third-order valence-corrected chi connectivity index (χ3v) is 2.09. The third kappa shape index (κ3) is 2.67. The Bertz CT molecular complexity index is 140. The highest BCUT2D eigenvalue weighted by Gasteiger charge is 2.26. The maximum Gasteiger partial charge on any atom is 0.222 e. The van der Waals surface area contributed by atoms with E-state index in [4.69, 9.17) is 5.73 Å². The van der Waals surface area contributed by atoms with Gasteiger partial charge in [0.05, 0.1) is 0 Å². The lowest BCUT2D eigenvalue weighted by molar-refractivity contribution is -0.124. The monoisotopic (exact) mass is 178 g/mol. The molecule has 0 spiro atoms. The van der Waals surface area contributed by atoms with Crippen LogP contribution in [0.3, 0.4) is 0 Å². The molecule has 2 atom stereocenters. The first kappa shape index (κ1) is 10.7. The van der Waals surface area contributed by atoms with Crippen LogP contribution >= 0.6 is 12.4 Å². The summed E-state index contributed by atoms with van der Waals surface area (Å²) in [6.07, 6.45) is 2.82. The Hall–Kier alpha value is -0.280. The first-order valence-electron chi connectivity index (χ1n) is 3.71. The summed E-state index contributed by atoms with van der Waals surface area (Å²) in [5.74, 6) is 0.327. The van der Waals surface area contributed by atoms with Crippen LogP contribution in [0.15, 0.2) is 0 Å². The summed E-state index contributed by atoms with van der Waals surface area (Å²) in [7, 11) is 1.67. The van der Waals surface area contributed by atoms with Crippen molar-refractivity contribution in [1.82, 2.24) is 5.32 Å². The maximum atomic E-state index is 11.0. The van der Waals surface area contributed by atoms with Crippen LogP contribution in [0.2, 0.25) is 0 Å². The Morgan fingerprint density at radius 2 is 2.18 bits per heavy atom. The molecule has 0 heterocycles. The van der Waals surface area contributed by atoms with Gasteiger partial charge in [-0.05, 0) is 19.3 Å². The molecule has 4 heteroatoms. The van der Waals surface area contributed by atoms with Crippen molar-refractivity contribution in [2.24, 2.45) is 11.7 Å². The smallest absolute Gasteiger partial charge is 0.222 e. The molecule has 1 saturated carbocycles. The fourth-order valence-corrected chi connectivity index (χ4v) is 1.46. The molecule has 0 aromatic heterocycles. The number of hydrogen-bond donors (Lipinski definition) is 2. The molecule has 0 aliphatic heterocycles. The molecular formula is C7H15ClN2O. The van der Waals surface area contributed by atoms with Gasteiger partial charge in [-0.1, -0.05) is 0 Å². The Kier molecular flexibility index (Phi) is 4.45. The van der Waals surface area contributed by atoms with Crippen molar-refractivity contribution >= 4 is 18.3 Å². The maximum absolute atomic E-state index is 11.0. The van der Waals surface area contributed by atoms with E-state index in [2.05, 4.69) is 5.32 Å². The van der Waals surface area contributed by atoms with E-state index >= 15 is 0 Å². The number of nitrogens with two attached hydrogens (primary N) is 1. The Balaban J connectivity index is 0.000001000. The number of nitrogens with one attached hydrogen (secondary N) is 1. The average Bonchev–Trinajstić information content (AvgIpc) is 2.34. The molecule has 1 fully saturated rings. The van der Waals surface area contributed by atoms with Gasteiger partial charge in [0.25, 0.3) is 0 Å². The zero-order chi connectivity index (χ0) is 7.56. The molecule has 1 aliphatic carbocycles. The third-order valence-electron chi connectivity index (χ3n) is 2.09. The van der Waals surface area contributed by atoms with E-state index in [1.165, 1.54) is 0 Å². The molecule has 0 unspecified atom stereocenters. The van der Waals surface area contributed by atoms with Crippen molar-refractivity contribution in [2.45, 2.75) is 25.3 Å². The summed E-state index contributed by atoms with van der Waals surface area (Å²) in [5, 5.41) is 2.63. The van der Waals surface area contributed by atoms with Gasteiger partial charge in [0.15, 0.2) is 0 Å². The van der Waals surface area contributed by atoms with Gasteiger partial charge in [-0.3, -0.25) is 4.79 Å². The molecule has 0 saturated heterocycles. The van der Waals surface area contributed by atoms with Crippen molar-refractivity contribution in [2.75, 3.05) is 7.05 Å². The Morgan fingerprint density at radius 3 is 2.55 bits per heavy atom. The number of hydrogen-bond acceptors (Lipinski definition) is 2. The van der Waals surface area contributed by atoms with Crippen molar-refractivity contribution in [3.8, 4) is 0 Å². The van der Waals surface area contributed by atoms with Crippen LogP contribution in [0.1, 0.15) is 19.3 Å². The number of carbonyl (C=O) groups is 1. The van der Waals surface area contributed by atoms with E-state index in [1.54, 1.807) is 7.05 Å². The van der Waals surface area contributed by atoms with E-state index in [9.17, 15) is 4.79 Å². The van der Waals surface area contributed by atoms with Crippen molar-refractivity contribution in [3.05, 3.63) is 0 Å². The molecule has 0 aromatic carbocycles. The molecule has 0 bridgehead atoms. The van der Waals surface area contributed by atoms with Crippen LogP contribution in [0.5, 0.6) is 0 Å². The molecule has 0 radical (unpaired) electrons. The fourth-order valence-electron chi connectivity index (χ4n) is 1.46. The second kappa shape index (κ2) is 4.57. The second-order valence-electron chi connectivity index (χ2n) is 2.88. The summed E-state index contributed by atoms with van der Waals surface area (Å²) in [6.45, 7) is 0. The van der Waals surface area contributed by atoms with Crippen LogP contribution < -0.4 is 11.1 Å². The van der Waals surface area contributed by atoms with E-state index in [0.29, 0.717) is 0 Å². The largest absolute Gasteiger partial charge is 0.359 e. The molecule has 0 aromatic rings. The molecule has 1 aliphatic rings. The first-order valence-corrected chi connectivity index (χ1v) is 3.71.